The molecular weight excluding hydrogens is 362 g/mol. The number of ether oxygens (including phenoxy) is 1. The Kier molecular flexibility index (Phi) is 6.06. The maximum absolute atomic E-state index is 12.9. The zero-order valence-corrected chi connectivity index (χ0v) is 16.4. The molecule has 1 aromatic carbocycles. The number of hydrogen-bond donors (Lipinski definition) is 0. The molecule has 2 aromatic rings. The maximum atomic E-state index is 12.9. The number of piperidine rings is 1. The molecule has 0 radical (unpaired) electrons. The molecule has 1 saturated heterocycles. The number of ketones is 2. The number of amides is 1. The Morgan fingerprint density at radius 2 is 2.04 bits per heavy atom. The van der Waals surface area contributed by atoms with Gasteiger partial charge in [-0.2, -0.15) is 0 Å². The lowest BCUT2D eigenvalue weighted by molar-refractivity contribution is -0.131. The smallest absolute Gasteiger partial charge is 0.227 e. The fourth-order valence-electron chi connectivity index (χ4n) is 3.43. The van der Waals surface area contributed by atoms with Crippen molar-refractivity contribution < 1.29 is 19.1 Å². The number of para-hydroxylation sites is 1. The Bertz CT molecular complexity index is 857. The monoisotopic (exact) mass is 385 g/mol. The molecule has 1 amide bonds. The molecule has 0 bridgehead atoms. The van der Waals surface area contributed by atoms with Crippen molar-refractivity contribution in [2.24, 2.45) is 5.92 Å². The Morgan fingerprint density at radius 1 is 1.26 bits per heavy atom. The van der Waals surface area contributed by atoms with Crippen molar-refractivity contribution in [2.45, 2.75) is 26.2 Å². The summed E-state index contributed by atoms with van der Waals surface area (Å²) in [6, 6.07) is 9.00. The Hall–Kier alpha value is -2.47. The predicted octanol–water partition coefficient (Wildman–Crippen LogP) is 3.62. The van der Waals surface area contributed by atoms with E-state index in [-0.39, 0.29) is 29.8 Å². The van der Waals surface area contributed by atoms with Gasteiger partial charge in [0.1, 0.15) is 5.75 Å². The third kappa shape index (κ3) is 4.45. The van der Waals surface area contributed by atoms with E-state index in [0.29, 0.717) is 29.3 Å². The topological polar surface area (TPSA) is 63.7 Å². The van der Waals surface area contributed by atoms with Crippen LogP contribution in [0.2, 0.25) is 0 Å². The molecule has 1 fully saturated rings. The van der Waals surface area contributed by atoms with Gasteiger partial charge in [-0.1, -0.05) is 12.1 Å². The highest BCUT2D eigenvalue weighted by atomic mass is 32.1. The van der Waals surface area contributed by atoms with Gasteiger partial charge < -0.3 is 9.64 Å². The van der Waals surface area contributed by atoms with E-state index >= 15 is 0 Å². The van der Waals surface area contributed by atoms with Gasteiger partial charge in [0.2, 0.25) is 5.91 Å². The van der Waals surface area contributed by atoms with Gasteiger partial charge in [0.25, 0.3) is 0 Å². The first-order valence-corrected chi connectivity index (χ1v) is 9.91. The molecule has 6 heteroatoms. The molecule has 27 heavy (non-hydrogen) atoms. The van der Waals surface area contributed by atoms with Crippen LogP contribution in [0.1, 0.15) is 45.4 Å². The first-order valence-electron chi connectivity index (χ1n) is 9.03. The van der Waals surface area contributed by atoms with E-state index in [1.165, 1.54) is 18.3 Å². The van der Waals surface area contributed by atoms with E-state index in [1.807, 2.05) is 17.5 Å². The Labute approximate surface area is 162 Å². The molecular formula is C21H23NO4S. The van der Waals surface area contributed by atoms with E-state index in [1.54, 1.807) is 30.2 Å². The first-order chi connectivity index (χ1) is 13.0. The van der Waals surface area contributed by atoms with Crippen LogP contribution >= 0.6 is 11.3 Å². The summed E-state index contributed by atoms with van der Waals surface area (Å²) in [7, 11) is 1.55. The number of rotatable bonds is 6. The first kappa shape index (κ1) is 19.3. The van der Waals surface area contributed by atoms with Gasteiger partial charge in [-0.05, 0) is 48.9 Å². The second-order valence-corrected chi connectivity index (χ2v) is 7.71. The number of Topliss-reactive ketones (excluding diaryl/α,β-unsaturated/α-hetero) is 2. The number of carbonyl (C=O) groups excluding carboxylic acids is 3. The fraction of sp³-hybridized carbons (Fsp3) is 0.381. The summed E-state index contributed by atoms with van der Waals surface area (Å²) >= 11 is 1.36. The number of benzene rings is 1. The standard InChI is InChI=1S/C21H23NO4S/c1-14(23)19-10-15(13-27-19)11-20(24)22-9-5-6-16(12-22)21(25)17-7-3-4-8-18(17)26-2/h3-4,7-8,10,13,16H,5-6,9,11-12H2,1-2H3. The molecule has 1 aliphatic rings. The largest absolute Gasteiger partial charge is 0.496 e. The van der Waals surface area contributed by atoms with Gasteiger partial charge in [-0.15, -0.1) is 11.3 Å². The summed E-state index contributed by atoms with van der Waals surface area (Å²) < 4.78 is 5.30. The van der Waals surface area contributed by atoms with E-state index in [9.17, 15) is 14.4 Å². The number of likely N-dealkylation sites (tertiary alicyclic amines) is 1. The van der Waals surface area contributed by atoms with Crippen molar-refractivity contribution in [3.8, 4) is 5.75 Å². The molecule has 0 saturated carbocycles. The summed E-state index contributed by atoms with van der Waals surface area (Å²) in [5.74, 6) is 0.397. The molecule has 142 valence electrons. The van der Waals surface area contributed by atoms with Crippen LogP contribution in [-0.4, -0.2) is 42.6 Å². The molecule has 1 atom stereocenters. The minimum absolute atomic E-state index is 0.000397. The molecule has 0 aliphatic carbocycles. The van der Waals surface area contributed by atoms with Gasteiger partial charge in [0, 0.05) is 19.0 Å². The molecule has 0 spiro atoms. The van der Waals surface area contributed by atoms with E-state index in [2.05, 4.69) is 0 Å². The minimum Gasteiger partial charge on any atom is -0.496 e. The lowest BCUT2D eigenvalue weighted by atomic mass is 9.89. The molecule has 1 unspecified atom stereocenters. The molecule has 3 rings (SSSR count). The lowest BCUT2D eigenvalue weighted by Crippen LogP contribution is -2.43. The molecule has 1 aliphatic heterocycles. The van der Waals surface area contributed by atoms with Crippen LogP contribution in [0, 0.1) is 5.92 Å². The van der Waals surface area contributed by atoms with E-state index in [0.717, 1.165) is 18.4 Å². The SMILES string of the molecule is COc1ccccc1C(=O)C1CCCN(C(=O)Cc2csc(C(C)=O)c2)C1. The highest BCUT2D eigenvalue weighted by Crippen LogP contribution is 2.26. The summed E-state index contributed by atoms with van der Waals surface area (Å²) in [6.07, 6.45) is 1.84. The number of nitrogens with zero attached hydrogens (tertiary/aromatic N) is 1. The highest BCUT2D eigenvalue weighted by Gasteiger charge is 2.30. The summed E-state index contributed by atoms with van der Waals surface area (Å²) in [5.41, 5.74) is 1.43. The van der Waals surface area contributed by atoms with Crippen molar-refractivity contribution >= 4 is 28.8 Å². The fourth-order valence-corrected chi connectivity index (χ4v) is 4.24. The number of thiophene rings is 1. The van der Waals surface area contributed by atoms with Crippen molar-refractivity contribution in [1.82, 2.24) is 4.90 Å². The summed E-state index contributed by atoms with van der Waals surface area (Å²) in [6.45, 7) is 2.62. The van der Waals surface area contributed by atoms with Crippen LogP contribution in [0.5, 0.6) is 5.75 Å². The van der Waals surface area contributed by atoms with Crippen molar-refractivity contribution in [3.05, 3.63) is 51.7 Å². The number of hydrogen-bond acceptors (Lipinski definition) is 5. The average Bonchev–Trinajstić information content (AvgIpc) is 3.16. The van der Waals surface area contributed by atoms with Gasteiger partial charge >= 0.3 is 0 Å². The van der Waals surface area contributed by atoms with Gasteiger partial charge in [-0.25, -0.2) is 0 Å². The highest BCUT2D eigenvalue weighted by molar-refractivity contribution is 7.12. The minimum atomic E-state index is -0.214. The zero-order chi connectivity index (χ0) is 19.4. The second kappa shape index (κ2) is 8.48. The van der Waals surface area contributed by atoms with Crippen LogP contribution < -0.4 is 4.74 Å². The molecule has 1 aromatic heterocycles. The van der Waals surface area contributed by atoms with E-state index in [4.69, 9.17) is 4.74 Å². The Balaban J connectivity index is 1.67. The Morgan fingerprint density at radius 3 is 2.74 bits per heavy atom. The molecule has 5 nitrogen and oxygen atoms in total. The third-order valence-corrected chi connectivity index (χ3v) is 5.95. The summed E-state index contributed by atoms with van der Waals surface area (Å²) in [4.78, 5) is 39.5. The second-order valence-electron chi connectivity index (χ2n) is 6.80. The molecule has 0 N–H and O–H groups in total. The van der Waals surface area contributed by atoms with Crippen LogP contribution in [-0.2, 0) is 11.2 Å². The zero-order valence-electron chi connectivity index (χ0n) is 15.6. The van der Waals surface area contributed by atoms with Crippen molar-refractivity contribution in [2.75, 3.05) is 20.2 Å². The molecule has 2 heterocycles. The van der Waals surface area contributed by atoms with E-state index < -0.39 is 0 Å². The maximum Gasteiger partial charge on any atom is 0.227 e. The number of carbonyl (C=O) groups is 3. The van der Waals surface area contributed by atoms with Gasteiger partial charge in [0.15, 0.2) is 11.6 Å². The predicted molar refractivity (Wildman–Crippen MR) is 105 cm³/mol. The van der Waals surface area contributed by atoms with Crippen LogP contribution in [0.15, 0.2) is 35.7 Å². The van der Waals surface area contributed by atoms with Crippen LogP contribution in [0.25, 0.3) is 0 Å². The average molecular weight is 385 g/mol. The van der Waals surface area contributed by atoms with Crippen LogP contribution in [0.4, 0.5) is 0 Å². The van der Waals surface area contributed by atoms with Gasteiger partial charge in [-0.3, -0.25) is 14.4 Å². The van der Waals surface area contributed by atoms with Crippen molar-refractivity contribution in [3.63, 3.8) is 0 Å². The summed E-state index contributed by atoms with van der Waals surface area (Å²) in [5, 5.41) is 1.86. The quantitative estimate of drug-likeness (QED) is 0.713. The van der Waals surface area contributed by atoms with Crippen molar-refractivity contribution in [1.29, 1.82) is 0 Å². The lowest BCUT2D eigenvalue weighted by Gasteiger charge is -2.32. The van der Waals surface area contributed by atoms with Gasteiger partial charge in [0.05, 0.1) is 24.0 Å². The van der Waals surface area contributed by atoms with Crippen LogP contribution in [0.3, 0.4) is 0 Å². The number of methoxy groups -OCH3 is 1. The normalized spacial score (nSPS) is 16.8. The third-order valence-electron chi connectivity index (χ3n) is 4.87.